The summed E-state index contributed by atoms with van der Waals surface area (Å²) in [4.78, 5) is 13.5. The number of hydrogen-bond donors (Lipinski definition) is 4. The van der Waals surface area contributed by atoms with Gasteiger partial charge in [0.15, 0.2) is 0 Å². The van der Waals surface area contributed by atoms with Crippen molar-refractivity contribution in [2.24, 2.45) is 10.8 Å². The van der Waals surface area contributed by atoms with Crippen LogP contribution in [-0.2, 0) is 14.3 Å². The molecule has 1 aliphatic heterocycles. The molecule has 1 fully saturated rings. The van der Waals surface area contributed by atoms with E-state index in [1.807, 2.05) is 0 Å². The lowest BCUT2D eigenvalue weighted by Gasteiger charge is -2.39. The standard InChI is InChI=1S/C8H14N4O6/c9-5-7(16)6(15)3(2-13)17-8(5)18-4(14)1-11-12-10/h3,5-8,13,15-16H,1-2,9H2/t3-,5-,6+,7-,8?/m1/s1. The minimum Gasteiger partial charge on any atom is -0.434 e. The molecule has 0 amide bonds. The lowest BCUT2D eigenvalue weighted by molar-refractivity contribution is -0.258. The lowest BCUT2D eigenvalue weighted by Crippen LogP contribution is -2.62. The third kappa shape index (κ3) is 3.29. The number of nitrogens with two attached hydrogens (primary N) is 1. The first-order valence-corrected chi connectivity index (χ1v) is 5.09. The van der Waals surface area contributed by atoms with E-state index < -0.39 is 49.8 Å². The first kappa shape index (κ1) is 14.6. The Morgan fingerprint density at radius 1 is 1.50 bits per heavy atom. The number of nitrogens with zero attached hydrogens (tertiary/aromatic N) is 3. The third-order valence-corrected chi connectivity index (χ3v) is 2.44. The number of azide groups is 1. The largest absolute Gasteiger partial charge is 0.434 e. The number of hydrogen-bond acceptors (Lipinski definition) is 8. The molecule has 0 aromatic heterocycles. The van der Waals surface area contributed by atoms with E-state index in [4.69, 9.17) is 25.8 Å². The Bertz CT molecular complexity index is 344. The highest BCUT2D eigenvalue weighted by atomic mass is 16.7. The molecule has 1 heterocycles. The number of aliphatic hydroxyl groups excluding tert-OH is 3. The maximum absolute atomic E-state index is 11.2. The van der Waals surface area contributed by atoms with Crippen LogP contribution in [0.1, 0.15) is 0 Å². The van der Waals surface area contributed by atoms with E-state index in [9.17, 15) is 15.0 Å². The normalized spacial score (nSPS) is 35.7. The van der Waals surface area contributed by atoms with Crippen LogP contribution in [-0.4, -0.2) is 65.1 Å². The van der Waals surface area contributed by atoms with Crippen molar-refractivity contribution in [3.8, 4) is 0 Å². The van der Waals surface area contributed by atoms with Crippen LogP contribution in [0.4, 0.5) is 0 Å². The van der Waals surface area contributed by atoms with Gasteiger partial charge in [-0.1, -0.05) is 5.11 Å². The second-order valence-corrected chi connectivity index (χ2v) is 3.66. The molecule has 1 rings (SSSR count). The first-order chi connectivity index (χ1) is 8.51. The summed E-state index contributed by atoms with van der Waals surface area (Å²) in [7, 11) is 0. The van der Waals surface area contributed by atoms with Gasteiger partial charge in [-0.25, -0.2) is 0 Å². The molecule has 10 heteroatoms. The minimum absolute atomic E-state index is 0.550. The predicted molar refractivity (Wildman–Crippen MR) is 55.8 cm³/mol. The van der Waals surface area contributed by atoms with E-state index in [0.29, 0.717) is 0 Å². The first-order valence-electron chi connectivity index (χ1n) is 5.09. The molecule has 102 valence electrons. The maximum Gasteiger partial charge on any atom is 0.314 e. The zero-order valence-corrected chi connectivity index (χ0v) is 9.29. The topological polar surface area (TPSA) is 171 Å². The Kier molecular flexibility index (Phi) is 5.28. The average Bonchev–Trinajstić information content (AvgIpc) is 2.37. The van der Waals surface area contributed by atoms with E-state index >= 15 is 0 Å². The lowest BCUT2D eigenvalue weighted by atomic mass is 9.98. The third-order valence-electron chi connectivity index (χ3n) is 2.44. The van der Waals surface area contributed by atoms with Crippen molar-refractivity contribution in [3.05, 3.63) is 10.4 Å². The number of rotatable bonds is 4. The van der Waals surface area contributed by atoms with Gasteiger partial charge in [0.05, 0.1) is 12.6 Å². The number of esters is 1. The minimum atomic E-state index is -1.41. The molecule has 0 bridgehead atoms. The van der Waals surface area contributed by atoms with Gasteiger partial charge in [-0.15, -0.1) is 0 Å². The van der Waals surface area contributed by atoms with Gasteiger partial charge >= 0.3 is 5.97 Å². The van der Waals surface area contributed by atoms with Crippen LogP contribution in [0.25, 0.3) is 10.4 Å². The second kappa shape index (κ2) is 6.50. The molecule has 1 saturated heterocycles. The Morgan fingerprint density at radius 3 is 2.72 bits per heavy atom. The van der Waals surface area contributed by atoms with E-state index in [-0.39, 0.29) is 0 Å². The van der Waals surface area contributed by atoms with Crippen molar-refractivity contribution in [1.82, 2.24) is 0 Å². The van der Waals surface area contributed by atoms with Crippen LogP contribution in [0.3, 0.4) is 0 Å². The van der Waals surface area contributed by atoms with Gasteiger partial charge in [0, 0.05) is 4.91 Å². The zero-order chi connectivity index (χ0) is 13.7. The number of carbonyl (C=O) groups excluding carboxylic acids is 1. The number of ether oxygens (including phenoxy) is 2. The summed E-state index contributed by atoms with van der Waals surface area (Å²) in [6, 6.07) is -1.17. The summed E-state index contributed by atoms with van der Waals surface area (Å²) < 4.78 is 9.74. The van der Waals surface area contributed by atoms with Crippen molar-refractivity contribution in [3.63, 3.8) is 0 Å². The molecular weight excluding hydrogens is 248 g/mol. The molecule has 5 atom stereocenters. The molecule has 0 aliphatic carbocycles. The van der Waals surface area contributed by atoms with Crippen LogP contribution in [0.15, 0.2) is 5.11 Å². The van der Waals surface area contributed by atoms with Gasteiger partial charge in [0.1, 0.15) is 24.9 Å². The molecule has 18 heavy (non-hydrogen) atoms. The molecule has 0 aromatic carbocycles. The SMILES string of the molecule is [N-]=[N+]=NCC(=O)OC1O[C@H](CO)[C@H](O)[C@H](O)[C@H]1N. The molecule has 1 aliphatic rings. The van der Waals surface area contributed by atoms with Crippen molar-refractivity contribution in [2.45, 2.75) is 30.6 Å². The fourth-order valence-electron chi connectivity index (χ4n) is 1.47. The smallest absolute Gasteiger partial charge is 0.314 e. The summed E-state index contributed by atoms with van der Waals surface area (Å²) in [6.07, 6.45) is -5.23. The van der Waals surface area contributed by atoms with E-state index in [2.05, 4.69) is 10.0 Å². The highest BCUT2D eigenvalue weighted by Crippen LogP contribution is 2.20. The van der Waals surface area contributed by atoms with Gasteiger partial charge < -0.3 is 30.5 Å². The fourth-order valence-corrected chi connectivity index (χ4v) is 1.47. The van der Waals surface area contributed by atoms with Crippen molar-refractivity contribution in [1.29, 1.82) is 0 Å². The molecule has 0 spiro atoms. The summed E-state index contributed by atoms with van der Waals surface area (Å²) in [6.45, 7) is -1.12. The van der Waals surface area contributed by atoms with Gasteiger partial charge in [0.2, 0.25) is 6.29 Å². The van der Waals surface area contributed by atoms with Crippen molar-refractivity contribution >= 4 is 5.97 Å². The number of aliphatic hydroxyl groups is 3. The highest BCUT2D eigenvalue weighted by molar-refractivity contribution is 5.71. The average molecular weight is 262 g/mol. The summed E-state index contributed by atoms with van der Waals surface area (Å²) in [5.74, 6) is -0.895. The molecule has 0 radical (unpaired) electrons. The van der Waals surface area contributed by atoms with Crippen LogP contribution in [0, 0.1) is 0 Å². The van der Waals surface area contributed by atoms with E-state index in [1.54, 1.807) is 0 Å². The fraction of sp³-hybridized carbons (Fsp3) is 0.875. The zero-order valence-electron chi connectivity index (χ0n) is 9.29. The molecule has 10 nitrogen and oxygen atoms in total. The molecular formula is C8H14N4O6. The Balaban J connectivity index is 2.64. The number of carbonyl (C=O) groups is 1. The van der Waals surface area contributed by atoms with Crippen LogP contribution in [0.2, 0.25) is 0 Å². The quantitative estimate of drug-likeness (QED) is 0.189. The molecule has 5 N–H and O–H groups in total. The van der Waals surface area contributed by atoms with Gasteiger partial charge in [0.25, 0.3) is 0 Å². The van der Waals surface area contributed by atoms with Crippen molar-refractivity contribution in [2.75, 3.05) is 13.2 Å². The molecule has 0 aromatic rings. The Labute approximate surface area is 102 Å². The summed E-state index contributed by atoms with van der Waals surface area (Å²) in [5.41, 5.74) is 13.5. The van der Waals surface area contributed by atoms with E-state index in [0.717, 1.165) is 0 Å². The van der Waals surface area contributed by atoms with Crippen LogP contribution >= 0.6 is 0 Å². The molecule has 1 unspecified atom stereocenters. The molecule has 0 saturated carbocycles. The maximum atomic E-state index is 11.2. The second-order valence-electron chi connectivity index (χ2n) is 3.66. The van der Waals surface area contributed by atoms with Gasteiger partial charge in [-0.3, -0.25) is 4.79 Å². The van der Waals surface area contributed by atoms with Gasteiger partial charge in [-0.2, -0.15) is 0 Å². The van der Waals surface area contributed by atoms with Crippen molar-refractivity contribution < 1.29 is 29.6 Å². The predicted octanol–water partition coefficient (Wildman–Crippen LogP) is -2.39. The Hall–Kier alpha value is -1.42. The summed E-state index contributed by atoms with van der Waals surface area (Å²) >= 11 is 0. The highest BCUT2D eigenvalue weighted by Gasteiger charge is 2.44. The van der Waals surface area contributed by atoms with Gasteiger partial charge in [-0.05, 0) is 5.53 Å². The monoisotopic (exact) mass is 262 g/mol. The van der Waals surface area contributed by atoms with E-state index in [1.165, 1.54) is 0 Å². The summed E-state index contributed by atoms with van der Waals surface area (Å²) in [5, 5.41) is 30.9. The van der Waals surface area contributed by atoms with Crippen LogP contribution < -0.4 is 5.73 Å². The Morgan fingerprint density at radius 2 is 2.17 bits per heavy atom. The van der Waals surface area contributed by atoms with Crippen LogP contribution in [0.5, 0.6) is 0 Å².